The molecule has 2 N–H and O–H groups in total. The van der Waals surface area contributed by atoms with E-state index in [1.807, 2.05) is 24.3 Å². The Balaban J connectivity index is 1.40. The topological polar surface area (TPSA) is 87.5 Å². The second-order valence-corrected chi connectivity index (χ2v) is 6.64. The fraction of sp³-hybridized carbons (Fsp3) is 0.190. The van der Waals surface area contributed by atoms with E-state index < -0.39 is 0 Å². The molecule has 28 heavy (non-hydrogen) atoms. The molecular formula is C21H20N4O3. The first-order chi connectivity index (χ1) is 13.6. The Kier molecular flexibility index (Phi) is 4.80. The highest BCUT2D eigenvalue weighted by molar-refractivity contribution is 6.07. The van der Waals surface area contributed by atoms with Gasteiger partial charge < -0.3 is 20.1 Å². The van der Waals surface area contributed by atoms with Crippen LogP contribution in [-0.4, -0.2) is 30.1 Å². The Bertz CT molecular complexity index is 1030. The zero-order chi connectivity index (χ0) is 19.5. The van der Waals surface area contributed by atoms with Gasteiger partial charge in [0, 0.05) is 29.5 Å². The predicted molar refractivity (Wildman–Crippen MR) is 107 cm³/mol. The predicted octanol–water partition coefficient (Wildman–Crippen LogP) is 3.24. The fourth-order valence-corrected chi connectivity index (χ4v) is 3.26. The number of nitrogens with one attached hydrogen (secondary N) is 2. The van der Waals surface area contributed by atoms with E-state index in [-0.39, 0.29) is 18.4 Å². The first-order valence-corrected chi connectivity index (χ1v) is 9.07. The Morgan fingerprint density at radius 3 is 2.82 bits per heavy atom. The molecule has 0 saturated heterocycles. The van der Waals surface area contributed by atoms with Gasteiger partial charge in [-0.3, -0.25) is 9.59 Å². The van der Waals surface area contributed by atoms with Gasteiger partial charge in [0.1, 0.15) is 5.76 Å². The molecule has 0 aliphatic carbocycles. The maximum absolute atomic E-state index is 12.9. The van der Waals surface area contributed by atoms with Crippen LogP contribution >= 0.6 is 0 Å². The highest BCUT2D eigenvalue weighted by Gasteiger charge is 2.25. The summed E-state index contributed by atoms with van der Waals surface area (Å²) in [5, 5.41) is 9.41. The molecule has 0 spiro atoms. The molecule has 0 atom stereocenters. The number of hydrogen-bond donors (Lipinski definition) is 2. The van der Waals surface area contributed by atoms with E-state index in [0.29, 0.717) is 29.4 Å². The van der Waals surface area contributed by atoms with Crippen LogP contribution in [0.25, 0.3) is 0 Å². The molecule has 7 heteroatoms. The summed E-state index contributed by atoms with van der Waals surface area (Å²) < 4.78 is 4.92. The zero-order valence-electron chi connectivity index (χ0n) is 15.4. The minimum Gasteiger partial charge on any atom is -0.376 e. The van der Waals surface area contributed by atoms with Crippen LogP contribution in [0.4, 0.5) is 17.2 Å². The highest BCUT2D eigenvalue weighted by Crippen LogP contribution is 2.29. The third kappa shape index (κ3) is 3.73. The summed E-state index contributed by atoms with van der Waals surface area (Å²) in [5.74, 6) is 0.702. The largest absolute Gasteiger partial charge is 0.376 e. The molecule has 1 aromatic heterocycles. The number of hydrogen-bond acceptors (Lipinski definition) is 5. The van der Waals surface area contributed by atoms with Crippen LogP contribution in [0.3, 0.4) is 0 Å². The first-order valence-electron chi connectivity index (χ1n) is 9.07. The number of rotatable bonds is 5. The number of fused-ring (bicyclic) bond motifs is 1. The van der Waals surface area contributed by atoms with Gasteiger partial charge in [0.05, 0.1) is 6.54 Å². The molecule has 0 unspecified atom stereocenters. The normalized spacial score (nSPS) is 12.5. The van der Waals surface area contributed by atoms with Crippen LogP contribution < -0.4 is 15.5 Å². The van der Waals surface area contributed by atoms with Crippen LogP contribution in [0.5, 0.6) is 0 Å². The summed E-state index contributed by atoms with van der Waals surface area (Å²) in [6.07, 6.45) is 0.863. The van der Waals surface area contributed by atoms with Gasteiger partial charge in [-0.2, -0.15) is 0 Å². The van der Waals surface area contributed by atoms with Gasteiger partial charge in [-0.05, 0) is 43.2 Å². The van der Waals surface area contributed by atoms with E-state index in [1.54, 1.807) is 36.1 Å². The monoisotopic (exact) mass is 376 g/mol. The number of aromatic nitrogens is 1. The number of amides is 2. The van der Waals surface area contributed by atoms with Gasteiger partial charge >= 0.3 is 0 Å². The molecule has 2 aromatic carbocycles. The summed E-state index contributed by atoms with van der Waals surface area (Å²) in [5.41, 5.74) is 3.43. The molecule has 2 heterocycles. The fourth-order valence-electron chi connectivity index (χ4n) is 3.26. The van der Waals surface area contributed by atoms with Crippen molar-refractivity contribution in [3.8, 4) is 0 Å². The second kappa shape index (κ2) is 7.56. The second-order valence-electron chi connectivity index (χ2n) is 6.64. The number of anilines is 3. The molecule has 1 aliphatic rings. The lowest BCUT2D eigenvalue weighted by Crippen LogP contribution is -2.29. The van der Waals surface area contributed by atoms with Crippen molar-refractivity contribution in [2.45, 2.75) is 13.3 Å². The van der Waals surface area contributed by atoms with Crippen molar-refractivity contribution in [1.82, 2.24) is 5.16 Å². The van der Waals surface area contributed by atoms with Crippen molar-refractivity contribution in [2.24, 2.45) is 0 Å². The molecular weight excluding hydrogens is 356 g/mol. The van der Waals surface area contributed by atoms with Crippen molar-refractivity contribution in [3.63, 3.8) is 0 Å². The molecule has 142 valence electrons. The molecule has 4 rings (SSSR count). The molecule has 1 aliphatic heterocycles. The van der Waals surface area contributed by atoms with Crippen molar-refractivity contribution in [1.29, 1.82) is 0 Å². The average molecular weight is 376 g/mol. The number of nitrogens with zero attached hydrogens (tertiary/aromatic N) is 2. The number of carbonyl (C=O) groups is 2. The van der Waals surface area contributed by atoms with Crippen LogP contribution in [-0.2, 0) is 11.2 Å². The third-order valence-electron chi connectivity index (χ3n) is 4.59. The quantitative estimate of drug-likeness (QED) is 0.714. The minimum atomic E-state index is -0.251. The number of carbonyl (C=O) groups excluding carboxylic acids is 2. The van der Waals surface area contributed by atoms with Gasteiger partial charge in [0.15, 0.2) is 5.82 Å². The number of aryl methyl sites for hydroxylation is 1. The Morgan fingerprint density at radius 1 is 1.14 bits per heavy atom. The summed E-state index contributed by atoms with van der Waals surface area (Å²) in [6, 6.07) is 16.8. The van der Waals surface area contributed by atoms with Gasteiger partial charge in [0.25, 0.3) is 5.91 Å². The molecule has 0 fully saturated rings. The Hall–Kier alpha value is -3.61. The maximum atomic E-state index is 12.9. The molecule has 0 bridgehead atoms. The van der Waals surface area contributed by atoms with Crippen molar-refractivity contribution in [2.75, 3.05) is 28.6 Å². The summed E-state index contributed by atoms with van der Waals surface area (Å²) in [4.78, 5) is 26.8. The third-order valence-corrected chi connectivity index (χ3v) is 4.59. The maximum Gasteiger partial charge on any atom is 0.258 e. The van der Waals surface area contributed by atoms with E-state index in [9.17, 15) is 9.59 Å². The lowest BCUT2D eigenvalue weighted by atomic mass is 10.1. The standard InChI is InChI=1S/C21H20N4O3/c1-14-11-19(24-28-14)23-20(26)13-22-17-7-4-6-16(12-17)21(27)25-10-9-15-5-2-3-8-18(15)25/h2-8,11-12,22H,9-10,13H2,1H3,(H,23,24,26). The smallest absolute Gasteiger partial charge is 0.258 e. The van der Waals surface area contributed by atoms with E-state index in [4.69, 9.17) is 4.52 Å². The number of benzene rings is 2. The van der Waals surface area contributed by atoms with Crippen molar-refractivity contribution >= 4 is 29.0 Å². The molecule has 0 radical (unpaired) electrons. The summed E-state index contributed by atoms with van der Waals surface area (Å²) in [6.45, 7) is 2.48. The van der Waals surface area contributed by atoms with E-state index in [2.05, 4.69) is 21.9 Å². The van der Waals surface area contributed by atoms with Crippen molar-refractivity contribution in [3.05, 3.63) is 71.5 Å². The molecule has 0 saturated carbocycles. The van der Waals surface area contributed by atoms with Gasteiger partial charge in [0.2, 0.25) is 5.91 Å². The van der Waals surface area contributed by atoms with E-state index in [0.717, 1.165) is 12.1 Å². The van der Waals surface area contributed by atoms with E-state index >= 15 is 0 Å². The minimum absolute atomic E-state index is 0.0453. The van der Waals surface area contributed by atoms with Crippen LogP contribution in [0, 0.1) is 6.92 Å². The van der Waals surface area contributed by atoms with Gasteiger partial charge in [-0.1, -0.05) is 29.4 Å². The first kappa shape index (κ1) is 17.8. The lowest BCUT2D eigenvalue weighted by molar-refractivity contribution is -0.114. The number of para-hydroxylation sites is 1. The Morgan fingerprint density at radius 2 is 2.00 bits per heavy atom. The zero-order valence-corrected chi connectivity index (χ0v) is 15.4. The highest BCUT2D eigenvalue weighted by atomic mass is 16.5. The molecule has 7 nitrogen and oxygen atoms in total. The van der Waals surface area contributed by atoms with E-state index in [1.165, 1.54) is 5.56 Å². The van der Waals surface area contributed by atoms with Crippen LogP contribution in [0.1, 0.15) is 21.7 Å². The van der Waals surface area contributed by atoms with Crippen LogP contribution in [0.2, 0.25) is 0 Å². The molecule has 3 aromatic rings. The summed E-state index contributed by atoms with van der Waals surface area (Å²) in [7, 11) is 0. The van der Waals surface area contributed by atoms with Crippen LogP contribution in [0.15, 0.2) is 59.1 Å². The SMILES string of the molecule is Cc1cc(NC(=O)CNc2cccc(C(=O)N3CCc4ccccc43)c2)no1. The Labute approximate surface area is 162 Å². The van der Waals surface area contributed by atoms with Gasteiger partial charge in [-0.25, -0.2) is 0 Å². The van der Waals surface area contributed by atoms with Gasteiger partial charge in [-0.15, -0.1) is 0 Å². The lowest BCUT2D eigenvalue weighted by Gasteiger charge is -2.18. The molecule has 2 amide bonds. The average Bonchev–Trinajstić information content (AvgIpc) is 3.32. The summed E-state index contributed by atoms with van der Waals surface area (Å²) >= 11 is 0. The van der Waals surface area contributed by atoms with Crippen molar-refractivity contribution < 1.29 is 14.1 Å².